The van der Waals surface area contributed by atoms with Gasteiger partial charge in [0.25, 0.3) is 0 Å². The minimum Gasteiger partial charge on any atom is -0.317 e. The Balaban J connectivity index is 2.37. The smallest absolute Gasteiger partial charge is 0.168 e. The molecule has 0 bridgehead atoms. The number of likely N-dealkylation sites (N-methyl/N-ethyl adjacent to an activating group) is 1. The third kappa shape index (κ3) is 3.01. The highest BCUT2D eigenvalue weighted by molar-refractivity contribution is 5.07. The second-order valence-corrected chi connectivity index (χ2v) is 2.98. The number of hydrogen-bond donors (Lipinski definition) is 1. The zero-order valence-electron chi connectivity index (χ0n) is 7.88. The Morgan fingerprint density at radius 2 is 2.00 bits per heavy atom. The van der Waals surface area contributed by atoms with Crippen LogP contribution in [-0.2, 0) is 13.5 Å². The van der Waals surface area contributed by atoms with Crippen molar-refractivity contribution in [2.75, 3.05) is 13.1 Å². The highest BCUT2D eigenvalue weighted by Gasteiger charge is 1.94. The topological polar surface area (TPSA) is 15.9 Å². The minimum absolute atomic E-state index is 1.06. The summed E-state index contributed by atoms with van der Waals surface area (Å²) in [5.41, 5.74) is 1.40. The molecule has 66 valence electrons. The number of rotatable bonds is 4. The predicted molar refractivity (Wildman–Crippen MR) is 49.9 cm³/mol. The van der Waals surface area contributed by atoms with Crippen LogP contribution >= 0.6 is 0 Å². The van der Waals surface area contributed by atoms with Crippen LogP contribution in [0.25, 0.3) is 0 Å². The van der Waals surface area contributed by atoms with Crippen LogP contribution in [0.4, 0.5) is 0 Å². The van der Waals surface area contributed by atoms with E-state index in [0.29, 0.717) is 0 Å². The lowest BCUT2D eigenvalue weighted by molar-refractivity contribution is -0.671. The van der Waals surface area contributed by atoms with Crippen LogP contribution in [0.5, 0.6) is 0 Å². The fraction of sp³-hybridized carbons (Fsp3) is 0.500. The van der Waals surface area contributed by atoms with Gasteiger partial charge in [-0.15, -0.1) is 0 Å². The summed E-state index contributed by atoms with van der Waals surface area (Å²) in [4.78, 5) is 0. The molecule has 1 heterocycles. The second kappa shape index (κ2) is 4.88. The molecule has 1 N–H and O–H groups in total. The SMILES string of the molecule is CCNCCc1cc[n+](C)cc1. The van der Waals surface area contributed by atoms with Crippen molar-refractivity contribution in [3.05, 3.63) is 30.1 Å². The summed E-state index contributed by atoms with van der Waals surface area (Å²) in [5.74, 6) is 0. The van der Waals surface area contributed by atoms with E-state index >= 15 is 0 Å². The Morgan fingerprint density at radius 3 is 2.58 bits per heavy atom. The van der Waals surface area contributed by atoms with Crippen LogP contribution in [0.2, 0.25) is 0 Å². The molecule has 1 rings (SSSR count). The quantitative estimate of drug-likeness (QED) is 0.512. The largest absolute Gasteiger partial charge is 0.317 e. The van der Waals surface area contributed by atoms with Crippen LogP contribution in [0.1, 0.15) is 12.5 Å². The van der Waals surface area contributed by atoms with Gasteiger partial charge in [-0.05, 0) is 25.1 Å². The lowest BCUT2D eigenvalue weighted by Crippen LogP contribution is -2.26. The van der Waals surface area contributed by atoms with Gasteiger partial charge in [0.05, 0.1) is 0 Å². The summed E-state index contributed by atoms with van der Waals surface area (Å²) >= 11 is 0. The molecule has 1 aromatic rings. The van der Waals surface area contributed by atoms with Gasteiger partial charge >= 0.3 is 0 Å². The molecule has 1 aromatic heterocycles. The summed E-state index contributed by atoms with van der Waals surface area (Å²) in [6.45, 7) is 4.26. The van der Waals surface area contributed by atoms with E-state index in [0.717, 1.165) is 19.5 Å². The third-order valence-electron chi connectivity index (χ3n) is 1.89. The molecule has 0 saturated carbocycles. The summed E-state index contributed by atoms with van der Waals surface area (Å²) in [6.07, 6.45) is 5.29. The highest BCUT2D eigenvalue weighted by Crippen LogP contribution is 1.94. The fourth-order valence-corrected chi connectivity index (χ4v) is 1.11. The molecule has 0 spiro atoms. The van der Waals surface area contributed by atoms with Gasteiger partial charge in [0, 0.05) is 12.1 Å². The lowest BCUT2D eigenvalue weighted by atomic mass is 10.2. The van der Waals surface area contributed by atoms with Crippen molar-refractivity contribution in [3.8, 4) is 0 Å². The van der Waals surface area contributed by atoms with Crippen molar-refractivity contribution in [2.45, 2.75) is 13.3 Å². The molecule has 0 amide bonds. The van der Waals surface area contributed by atoms with E-state index in [2.05, 4.69) is 41.3 Å². The van der Waals surface area contributed by atoms with Crippen molar-refractivity contribution >= 4 is 0 Å². The second-order valence-electron chi connectivity index (χ2n) is 2.98. The summed E-state index contributed by atoms with van der Waals surface area (Å²) in [7, 11) is 2.04. The van der Waals surface area contributed by atoms with E-state index in [-0.39, 0.29) is 0 Å². The zero-order chi connectivity index (χ0) is 8.81. The maximum Gasteiger partial charge on any atom is 0.168 e. The van der Waals surface area contributed by atoms with E-state index in [1.54, 1.807) is 0 Å². The minimum atomic E-state index is 1.06. The molecule has 0 aromatic carbocycles. The first-order chi connectivity index (χ1) is 5.83. The molecule has 12 heavy (non-hydrogen) atoms. The lowest BCUT2D eigenvalue weighted by Gasteiger charge is -1.99. The molecule has 2 nitrogen and oxygen atoms in total. The summed E-state index contributed by atoms with van der Waals surface area (Å²) < 4.78 is 2.05. The van der Waals surface area contributed by atoms with Crippen molar-refractivity contribution < 1.29 is 4.57 Å². The van der Waals surface area contributed by atoms with Crippen LogP contribution in [0.15, 0.2) is 24.5 Å². The Morgan fingerprint density at radius 1 is 1.33 bits per heavy atom. The summed E-state index contributed by atoms with van der Waals surface area (Å²) in [5, 5.41) is 3.30. The Bertz CT molecular complexity index is 216. The first kappa shape index (κ1) is 9.20. The van der Waals surface area contributed by atoms with E-state index in [1.165, 1.54) is 5.56 Å². The molecular formula is C10H17N2+. The molecule has 0 radical (unpaired) electrons. The highest BCUT2D eigenvalue weighted by atomic mass is 14.9. The molecule has 0 aliphatic rings. The monoisotopic (exact) mass is 165 g/mol. The van der Waals surface area contributed by atoms with Gasteiger partial charge in [0.15, 0.2) is 12.4 Å². The number of aryl methyl sites for hydroxylation is 1. The molecule has 0 fully saturated rings. The van der Waals surface area contributed by atoms with Crippen LogP contribution < -0.4 is 9.88 Å². The van der Waals surface area contributed by atoms with Gasteiger partial charge in [-0.25, -0.2) is 4.57 Å². The normalized spacial score (nSPS) is 10.2. The average molecular weight is 165 g/mol. The maximum absolute atomic E-state index is 3.30. The zero-order valence-corrected chi connectivity index (χ0v) is 7.88. The van der Waals surface area contributed by atoms with Crippen LogP contribution in [-0.4, -0.2) is 13.1 Å². The first-order valence-corrected chi connectivity index (χ1v) is 4.48. The van der Waals surface area contributed by atoms with Crippen molar-refractivity contribution in [2.24, 2.45) is 7.05 Å². The molecule has 0 atom stereocenters. The fourth-order valence-electron chi connectivity index (χ4n) is 1.11. The molecule has 2 heteroatoms. The van der Waals surface area contributed by atoms with Crippen molar-refractivity contribution in [1.29, 1.82) is 0 Å². The number of nitrogens with zero attached hydrogens (tertiary/aromatic N) is 1. The maximum atomic E-state index is 3.30. The van der Waals surface area contributed by atoms with Crippen LogP contribution in [0.3, 0.4) is 0 Å². The Hall–Kier alpha value is -0.890. The summed E-state index contributed by atoms with van der Waals surface area (Å²) in [6, 6.07) is 4.33. The van der Waals surface area contributed by atoms with E-state index in [9.17, 15) is 0 Å². The van der Waals surface area contributed by atoms with Gasteiger partial charge in [0.1, 0.15) is 7.05 Å². The molecule has 0 unspecified atom stereocenters. The third-order valence-corrected chi connectivity index (χ3v) is 1.89. The molecule has 0 aliphatic heterocycles. The van der Waals surface area contributed by atoms with E-state index in [4.69, 9.17) is 0 Å². The molecular weight excluding hydrogens is 148 g/mol. The van der Waals surface area contributed by atoms with E-state index < -0.39 is 0 Å². The van der Waals surface area contributed by atoms with Gasteiger partial charge in [0.2, 0.25) is 0 Å². The van der Waals surface area contributed by atoms with Gasteiger partial charge in [-0.1, -0.05) is 6.92 Å². The molecule has 0 saturated heterocycles. The van der Waals surface area contributed by atoms with Crippen molar-refractivity contribution in [1.82, 2.24) is 5.32 Å². The number of aromatic nitrogens is 1. The van der Waals surface area contributed by atoms with Crippen LogP contribution in [0, 0.1) is 0 Å². The predicted octanol–water partition coefficient (Wildman–Crippen LogP) is 0.663. The number of pyridine rings is 1. The van der Waals surface area contributed by atoms with Gasteiger partial charge in [-0.3, -0.25) is 0 Å². The Kier molecular flexibility index (Phi) is 3.74. The number of hydrogen-bond acceptors (Lipinski definition) is 1. The van der Waals surface area contributed by atoms with Gasteiger partial charge < -0.3 is 5.32 Å². The standard InChI is InChI=1S/C10H17N2/c1-3-11-7-4-10-5-8-12(2)9-6-10/h5-6,8-9,11H,3-4,7H2,1-2H3/q+1. The van der Waals surface area contributed by atoms with E-state index in [1.807, 2.05) is 7.05 Å². The average Bonchev–Trinajstić information content (AvgIpc) is 2.09. The first-order valence-electron chi connectivity index (χ1n) is 4.48. The number of nitrogens with one attached hydrogen (secondary N) is 1. The Labute approximate surface area is 74.2 Å². The molecule has 0 aliphatic carbocycles. The van der Waals surface area contributed by atoms with Gasteiger partial charge in [-0.2, -0.15) is 0 Å². The van der Waals surface area contributed by atoms with Crippen molar-refractivity contribution in [3.63, 3.8) is 0 Å².